The molecule has 6 aromatic rings. The summed E-state index contributed by atoms with van der Waals surface area (Å²) in [4.78, 5) is 4.70. The molecule has 0 fully saturated rings. The molecule has 0 aliphatic carbocycles. The third-order valence-corrected chi connectivity index (χ3v) is 10.8. The summed E-state index contributed by atoms with van der Waals surface area (Å²) in [5.41, 5.74) is 5.33. The van der Waals surface area contributed by atoms with E-state index in [1.807, 2.05) is 0 Å². The number of rotatable bonds is 4. The smallest absolute Gasteiger partial charge is 0.0558 e. The lowest BCUT2D eigenvalue weighted by atomic mass is 9.91. The van der Waals surface area contributed by atoms with Gasteiger partial charge in [0.25, 0.3) is 0 Å². The normalized spacial score (nSPS) is 17.1. The van der Waals surface area contributed by atoms with E-state index in [0.717, 1.165) is 78.5 Å². The summed E-state index contributed by atoms with van der Waals surface area (Å²) in [6.07, 6.45) is 0. The average molecular weight is 699 g/mol. The lowest BCUT2D eigenvalue weighted by Crippen LogP contribution is -2.38. The Balaban J connectivity index is 1.16. The van der Waals surface area contributed by atoms with E-state index in [1.165, 1.54) is 65.3 Å². The van der Waals surface area contributed by atoms with Gasteiger partial charge >= 0.3 is 0 Å². The van der Waals surface area contributed by atoms with Gasteiger partial charge in [-0.25, -0.2) is 0 Å². The van der Waals surface area contributed by atoms with E-state index in [-0.39, 0.29) is 13.2 Å². The van der Waals surface area contributed by atoms with Crippen LogP contribution in [0.25, 0.3) is 43.1 Å². The summed E-state index contributed by atoms with van der Waals surface area (Å²) in [6.45, 7) is 11.5. The molecule has 1 heterocycles. The lowest BCUT2D eigenvalue weighted by molar-refractivity contribution is 0.196. The van der Waals surface area contributed by atoms with Gasteiger partial charge in [0, 0.05) is 91.6 Å². The predicted molar refractivity (Wildman–Crippen MR) is 217 cm³/mol. The molecule has 0 amide bonds. The van der Waals surface area contributed by atoms with Crippen LogP contribution in [-0.2, 0) is 26.2 Å². The Kier molecular flexibility index (Phi) is 12.7. The molecule has 0 saturated heterocycles. The first kappa shape index (κ1) is 36.4. The van der Waals surface area contributed by atoms with Crippen molar-refractivity contribution in [1.29, 1.82) is 0 Å². The van der Waals surface area contributed by atoms with Crippen LogP contribution in [-0.4, -0.2) is 98.7 Å². The monoisotopic (exact) mass is 698 g/mol. The van der Waals surface area contributed by atoms with E-state index >= 15 is 0 Å². The van der Waals surface area contributed by atoms with Crippen LogP contribution in [0.15, 0.2) is 97.1 Å². The van der Waals surface area contributed by atoms with E-state index in [4.69, 9.17) is 0 Å². The zero-order valence-corrected chi connectivity index (χ0v) is 30.3. The summed E-state index contributed by atoms with van der Waals surface area (Å²) < 4.78 is 0. The fraction of sp³-hybridized carbons (Fsp3) is 0.364. The fourth-order valence-electron chi connectivity index (χ4n) is 8.14. The number of β-amino-alcohol motifs (C(OH)–C–C–N with tert-alkyl or cyclic N) is 2. The predicted octanol–water partition coefficient (Wildman–Crippen LogP) is 4.96. The Morgan fingerprint density at radius 2 is 0.577 bits per heavy atom. The van der Waals surface area contributed by atoms with Crippen molar-refractivity contribution in [3.05, 3.63) is 119 Å². The molecule has 272 valence electrons. The van der Waals surface area contributed by atoms with Crippen LogP contribution in [0, 0.1) is 0 Å². The van der Waals surface area contributed by atoms with Crippen molar-refractivity contribution in [1.82, 2.24) is 31.1 Å². The number of nitrogens with zero attached hydrogens (tertiary/aromatic N) is 2. The SMILES string of the molecule is OCCN1CCNCc2c3ccccc3c(c3ccccc23)CNCCN(CCO)CCNCc2c3ccccc3c(c3ccccc23)CNCC1. The van der Waals surface area contributed by atoms with Crippen LogP contribution in [0.1, 0.15) is 22.3 Å². The molecular weight excluding hydrogens is 645 g/mol. The van der Waals surface area contributed by atoms with Gasteiger partial charge in [-0.2, -0.15) is 0 Å². The van der Waals surface area contributed by atoms with Gasteiger partial charge in [0.2, 0.25) is 0 Å². The molecule has 6 N–H and O–H groups in total. The van der Waals surface area contributed by atoms with Crippen molar-refractivity contribution < 1.29 is 10.2 Å². The molecule has 52 heavy (non-hydrogen) atoms. The number of benzene rings is 6. The Morgan fingerprint density at radius 3 is 0.769 bits per heavy atom. The molecule has 0 unspecified atom stereocenters. The number of hydrogen-bond acceptors (Lipinski definition) is 8. The molecule has 7 rings (SSSR count). The largest absolute Gasteiger partial charge is 0.395 e. The van der Waals surface area contributed by atoms with Crippen LogP contribution in [0.5, 0.6) is 0 Å². The summed E-state index contributed by atoms with van der Waals surface area (Å²) in [5, 5.41) is 45.2. The number of aliphatic hydroxyl groups excluding tert-OH is 2. The number of nitrogens with one attached hydrogen (secondary N) is 4. The maximum atomic E-state index is 9.91. The highest BCUT2D eigenvalue weighted by Crippen LogP contribution is 2.34. The average Bonchev–Trinajstić information content (AvgIpc) is 3.18. The number of hydrogen-bond donors (Lipinski definition) is 6. The van der Waals surface area contributed by atoms with Crippen molar-refractivity contribution in [2.45, 2.75) is 26.2 Å². The van der Waals surface area contributed by atoms with Gasteiger partial charge in [0.15, 0.2) is 0 Å². The summed E-state index contributed by atoms with van der Waals surface area (Å²) >= 11 is 0. The summed E-state index contributed by atoms with van der Waals surface area (Å²) in [6, 6.07) is 35.3. The van der Waals surface area contributed by atoms with Gasteiger partial charge in [-0.1, -0.05) is 97.1 Å². The number of aliphatic hydroxyl groups is 2. The molecule has 6 aromatic carbocycles. The molecule has 0 spiro atoms. The molecule has 1 aliphatic heterocycles. The molecule has 4 bridgehead atoms. The quantitative estimate of drug-likeness (QED) is 0.144. The first-order chi connectivity index (χ1) is 25.8. The van der Waals surface area contributed by atoms with E-state index in [9.17, 15) is 10.2 Å². The van der Waals surface area contributed by atoms with Gasteiger partial charge in [-0.15, -0.1) is 0 Å². The van der Waals surface area contributed by atoms with Gasteiger partial charge in [-0.05, 0) is 65.3 Å². The maximum absolute atomic E-state index is 9.91. The molecule has 0 radical (unpaired) electrons. The molecular formula is C44H54N6O2. The highest BCUT2D eigenvalue weighted by atomic mass is 16.3. The Morgan fingerprint density at radius 1 is 0.365 bits per heavy atom. The second kappa shape index (κ2) is 18.2. The van der Waals surface area contributed by atoms with Gasteiger partial charge in [0.1, 0.15) is 0 Å². The third-order valence-electron chi connectivity index (χ3n) is 10.8. The van der Waals surface area contributed by atoms with Crippen molar-refractivity contribution in [3.63, 3.8) is 0 Å². The van der Waals surface area contributed by atoms with E-state index in [1.54, 1.807) is 0 Å². The molecule has 0 atom stereocenters. The summed E-state index contributed by atoms with van der Waals surface area (Å²) in [5.74, 6) is 0. The van der Waals surface area contributed by atoms with E-state index < -0.39 is 0 Å². The standard InChI is InChI=1S/C44H54N6O2/c51-27-25-49-21-17-45-29-41-33-9-1-2-10-34(33)42(36-12-4-3-11-35(36)41)30-46-18-22-50(26-28-52)24-20-48-32-44-39-15-7-5-13-37(39)43(31-47-19-23-49)38-14-6-8-16-40(38)44/h1-16,45-48,51-52H,17-32H2. The minimum atomic E-state index is 0.148. The van der Waals surface area contributed by atoms with Crippen molar-refractivity contribution in [2.24, 2.45) is 0 Å². The van der Waals surface area contributed by atoms with Gasteiger partial charge < -0.3 is 31.5 Å². The van der Waals surface area contributed by atoms with Crippen molar-refractivity contribution in [3.8, 4) is 0 Å². The lowest BCUT2D eigenvalue weighted by Gasteiger charge is -2.24. The third kappa shape index (κ3) is 8.31. The van der Waals surface area contributed by atoms with Crippen LogP contribution >= 0.6 is 0 Å². The minimum Gasteiger partial charge on any atom is -0.395 e. The van der Waals surface area contributed by atoms with Crippen LogP contribution in [0.2, 0.25) is 0 Å². The van der Waals surface area contributed by atoms with Gasteiger partial charge in [0.05, 0.1) is 13.2 Å². The van der Waals surface area contributed by atoms with Gasteiger partial charge in [-0.3, -0.25) is 9.80 Å². The number of fused-ring (bicyclic) bond motifs is 6. The zero-order valence-electron chi connectivity index (χ0n) is 30.3. The fourth-order valence-corrected chi connectivity index (χ4v) is 8.14. The maximum Gasteiger partial charge on any atom is 0.0558 e. The van der Waals surface area contributed by atoms with Crippen molar-refractivity contribution >= 4 is 43.1 Å². The first-order valence-electron chi connectivity index (χ1n) is 19.1. The van der Waals surface area contributed by atoms with Crippen LogP contribution < -0.4 is 21.3 Å². The van der Waals surface area contributed by atoms with E-state index in [0.29, 0.717) is 13.1 Å². The molecule has 8 nitrogen and oxygen atoms in total. The Hall–Kier alpha value is -3.96. The van der Waals surface area contributed by atoms with E-state index in [2.05, 4.69) is 128 Å². The first-order valence-corrected chi connectivity index (χ1v) is 19.1. The molecule has 0 saturated carbocycles. The summed E-state index contributed by atoms with van der Waals surface area (Å²) in [7, 11) is 0. The zero-order chi connectivity index (χ0) is 35.5. The Labute approximate surface area is 307 Å². The van der Waals surface area contributed by atoms with Crippen LogP contribution in [0.3, 0.4) is 0 Å². The highest BCUT2D eigenvalue weighted by molar-refractivity contribution is 6.06. The minimum absolute atomic E-state index is 0.148. The second-order valence-electron chi connectivity index (χ2n) is 13.9. The molecule has 0 aromatic heterocycles. The molecule has 1 aliphatic rings. The Bertz CT molecular complexity index is 1680. The topological polar surface area (TPSA) is 95.1 Å². The highest BCUT2D eigenvalue weighted by Gasteiger charge is 2.16. The molecule has 8 heteroatoms. The van der Waals surface area contributed by atoms with Crippen molar-refractivity contribution in [2.75, 3.05) is 78.7 Å². The second-order valence-corrected chi connectivity index (χ2v) is 13.9. The van der Waals surface area contributed by atoms with Crippen LogP contribution in [0.4, 0.5) is 0 Å².